The van der Waals surface area contributed by atoms with Gasteiger partial charge in [-0.15, -0.1) is 0 Å². The molecule has 102 valence electrons. The van der Waals surface area contributed by atoms with Crippen LogP contribution in [0.2, 0.25) is 0 Å². The Morgan fingerprint density at radius 1 is 1.37 bits per heavy atom. The summed E-state index contributed by atoms with van der Waals surface area (Å²) in [4.78, 5) is 4.64. The van der Waals surface area contributed by atoms with Crippen molar-refractivity contribution in [1.82, 2.24) is 4.98 Å². The van der Waals surface area contributed by atoms with E-state index < -0.39 is 0 Å². The van der Waals surface area contributed by atoms with Gasteiger partial charge in [-0.05, 0) is 18.6 Å². The largest absolute Gasteiger partial charge is 0.496 e. The number of anilines is 1. The van der Waals surface area contributed by atoms with Crippen LogP contribution in [-0.2, 0) is 0 Å². The summed E-state index contributed by atoms with van der Waals surface area (Å²) in [6.45, 7) is 2.19. The van der Waals surface area contributed by atoms with Crippen molar-refractivity contribution in [1.29, 1.82) is 0 Å². The van der Waals surface area contributed by atoms with E-state index in [2.05, 4.69) is 11.9 Å². The number of nitrogens with zero attached hydrogens (tertiary/aromatic N) is 1. The topological polar surface area (TPSA) is 48.1 Å². The molecule has 2 aromatic rings. The minimum Gasteiger partial charge on any atom is -0.496 e. The smallest absolute Gasteiger partial charge is 0.152 e. The van der Waals surface area contributed by atoms with Gasteiger partial charge in [0.2, 0.25) is 0 Å². The molecule has 0 amide bonds. The highest BCUT2D eigenvalue weighted by Gasteiger charge is 2.14. The molecule has 2 N–H and O–H groups in total. The van der Waals surface area contributed by atoms with Crippen LogP contribution in [0.5, 0.6) is 5.75 Å². The number of thiazole rings is 1. The maximum absolute atomic E-state index is 6.09. The minimum absolute atomic E-state index is 0.753. The van der Waals surface area contributed by atoms with E-state index in [1.54, 1.807) is 30.2 Å². The number of benzene rings is 1. The summed E-state index contributed by atoms with van der Waals surface area (Å²) < 4.78 is 6.40. The molecule has 0 aliphatic rings. The molecule has 5 heteroatoms. The Morgan fingerprint density at radius 3 is 2.89 bits per heavy atom. The number of nitrogen functional groups attached to an aromatic ring is 1. The number of methoxy groups -OCH3 is 1. The first-order valence-electron chi connectivity index (χ1n) is 6.28. The molecule has 0 aliphatic carbocycles. The van der Waals surface area contributed by atoms with Crippen molar-refractivity contribution in [3.63, 3.8) is 0 Å². The molecule has 0 saturated heterocycles. The van der Waals surface area contributed by atoms with E-state index in [0.717, 1.165) is 32.1 Å². The Balaban J connectivity index is 2.25. The molecular weight excluding hydrogens is 276 g/mol. The van der Waals surface area contributed by atoms with Crippen LogP contribution in [-0.4, -0.2) is 17.8 Å². The van der Waals surface area contributed by atoms with Gasteiger partial charge in [0, 0.05) is 11.3 Å². The van der Waals surface area contributed by atoms with Gasteiger partial charge in [-0.3, -0.25) is 0 Å². The lowest BCUT2D eigenvalue weighted by molar-refractivity contribution is 0.416. The molecule has 0 aliphatic heterocycles. The fourth-order valence-corrected chi connectivity index (χ4v) is 3.81. The van der Waals surface area contributed by atoms with E-state index in [9.17, 15) is 0 Å². The molecule has 1 heterocycles. The van der Waals surface area contributed by atoms with Crippen LogP contribution >= 0.6 is 23.1 Å². The van der Waals surface area contributed by atoms with Crippen LogP contribution in [0.3, 0.4) is 0 Å². The third-order valence-corrected chi connectivity index (χ3v) is 4.83. The zero-order valence-electron chi connectivity index (χ0n) is 11.2. The summed E-state index contributed by atoms with van der Waals surface area (Å²) in [6.07, 6.45) is 2.40. The fourth-order valence-electron chi connectivity index (χ4n) is 1.71. The summed E-state index contributed by atoms with van der Waals surface area (Å²) >= 11 is 3.33. The number of hydrogen-bond donors (Lipinski definition) is 1. The first-order chi connectivity index (χ1) is 9.26. The van der Waals surface area contributed by atoms with Gasteiger partial charge in [0.1, 0.15) is 16.4 Å². The highest BCUT2D eigenvalue weighted by molar-refractivity contribution is 8.01. The first-order valence-corrected chi connectivity index (χ1v) is 8.09. The van der Waals surface area contributed by atoms with Crippen LogP contribution in [0.15, 0.2) is 28.6 Å². The fraction of sp³-hybridized carbons (Fsp3) is 0.357. The van der Waals surface area contributed by atoms with Crippen molar-refractivity contribution < 1.29 is 4.74 Å². The second kappa shape index (κ2) is 6.82. The lowest BCUT2D eigenvalue weighted by atomic mass is 10.1. The Hall–Kier alpha value is -1.20. The number of para-hydroxylation sites is 1. The summed E-state index contributed by atoms with van der Waals surface area (Å²) in [5, 5.41) is 0.753. The number of hydrogen-bond acceptors (Lipinski definition) is 5. The van der Waals surface area contributed by atoms with Crippen LogP contribution in [0, 0.1) is 0 Å². The second-order valence-electron chi connectivity index (χ2n) is 4.09. The molecule has 1 aromatic carbocycles. The lowest BCUT2D eigenvalue weighted by Gasteiger charge is -2.05. The SMILES string of the molecule is CCCCSc1nc(-c2ccccc2OC)c(N)s1. The van der Waals surface area contributed by atoms with Gasteiger partial charge < -0.3 is 10.5 Å². The Morgan fingerprint density at radius 2 is 2.16 bits per heavy atom. The number of ether oxygens (including phenoxy) is 1. The summed E-state index contributed by atoms with van der Waals surface area (Å²) in [5.41, 5.74) is 7.88. The monoisotopic (exact) mass is 294 g/mol. The maximum atomic E-state index is 6.09. The van der Waals surface area contributed by atoms with E-state index in [1.165, 1.54) is 12.8 Å². The minimum atomic E-state index is 0.753. The molecule has 0 unspecified atom stereocenters. The van der Waals surface area contributed by atoms with E-state index in [0.29, 0.717) is 0 Å². The maximum Gasteiger partial charge on any atom is 0.152 e. The first kappa shape index (κ1) is 14.2. The Labute approximate surface area is 122 Å². The molecule has 0 radical (unpaired) electrons. The van der Waals surface area contributed by atoms with Gasteiger partial charge in [0.25, 0.3) is 0 Å². The van der Waals surface area contributed by atoms with E-state index in [-0.39, 0.29) is 0 Å². The third kappa shape index (κ3) is 3.42. The number of thioether (sulfide) groups is 1. The van der Waals surface area contributed by atoms with Gasteiger partial charge in [0.05, 0.1) is 7.11 Å². The Kier molecular flexibility index (Phi) is 5.10. The molecule has 0 bridgehead atoms. The molecule has 0 spiro atoms. The molecule has 19 heavy (non-hydrogen) atoms. The van der Waals surface area contributed by atoms with Crippen LogP contribution in [0.1, 0.15) is 19.8 Å². The zero-order chi connectivity index (χ0) is 13.7. The third-order valence-electron chi connectivity index (χ3n) is 2.72. The van der Waals surface area contributed by atoms with Crippen molar-refractivity contribution in [3.05, 3.63) is 24.3 Å². The molecule has 2 rings (SSSR count). The zero-order valence-corrected chi connectivity index (χ0v) is 12.8. The molecular formula is C14H18N2OS2. The van der Waals surface area contributed by atoms with E-state index in [4.69, 9.17) is 10.5 Å². The molecule has 0 atom stereocenters. The Bertz CT molecular complexity index is 540. The van der Waals surface area contributed by atoms with E-state index in [1.807, 2.05) is 24.3 Å². The van der Waals surface area contributed by atoms with Gasteiger partial charge in [-0.2, -0.15) is 0 Å². The summed E-state index contributed by atoms with van der Waals surface area (Å²) in [6, 6.07) is 7.84. The number of rotatable bonds is 6. The van der Waals surface area contributed by atoms with Crippen LogP contribution in [0.25, 0.3) is 11.3 Å². The van der Waals surface area contributed by atoms with Gasteiger partial charge >= 0.3 is 0 Å². The highest BCUT2D eigenvalue weighted by atomic mass is 32.2. The molecule has 0 saturated carbocycles. The van der Waals surface area contributed by atoms with Gasteiger partial charge in [0.15, 0.2) is 4.34 Å². The van der Waals surface area contributed by atoms with Crippen molar-refractivity contribution in [2.45, 2.75) is 24.1 Å². The second-order valence-corrected chi connectivity index (χ2v) is 6.47. The van der Waals surface area contributed by atoms with Gasteiger partial charge in [-0.25, -0.2) is 4.98 Å². The predicted molar refractivity (Wildman–Crippen MR) is 84.1 cm³/mol. The van der Waals surface area contributed by atoms with Crippen molar-refractivity contribution in [3.8, 4) is 17.0 Å². The number of aromatic nitrogens is 1. The van der Waals surface area contributed by atoms with Crippen molar-refractivity contribution >= 4 is 28.1 Å². The average Bonchev–Trinajstić information content (AvgIpc) is 2.80. The van der Waals surface area contributed by atoms with Crippen LogP contribution < -0.4 is 10.5 Å². The number of unbranched alkanes of at least 4 members (excludes halogenated alkanes) is 1. The standard InChI is InChI=1S/C14H18N2OS2/c1-3-4-9-18-14-16-12(13(15)19-14)10-7-5-6-8-11(10)17-2/h5-8H,3-4,9,15H2,1-2H3. The highest BCUT2D eigenvalue weighted by Crippen LogP contribution is 2.39. The number of nitrogens with two attached hydrogens (primary N) is 1. The quantitative estimate of drug-likeness (QED) is 0.637. The molecule has 3 nitrogen and oxygen atoms in total. The van der Waals surface area contributed by atoms with Gasteiger partial charge in [-0.1, -0.05) is 48.6 Å². The van der Waals surface area contributed by atoms with E-state index >= 15 is 0 Å². The van der Waals surface area contributed by atoms with Crippen LogP contribution in [0.4, 0.5) is 5.00 Å². The predicted octanol–water partition coefficient (Wildman–Crippen LogP) is 4.29. The summed E-state index contributed by atoms with van der Waals surface area (Å²) in [7, 11) is 1.66. The summed E-state index contributed by atoms with van der Waals surface area (Å²) in [5.74, 6) is 1.90. The lowest BCUT2D eigenvalue weighted by Crippen LogP contribution is -1.90. The molecule has 0 fully saturated rings. The normalized spacial score (nSPS) is 10.6. The average molecular weight is 294 g/mol. The van der Waals surface area contributed by atoms with Crippen molar-refractivity contribution in [2.24, 2.45) is 0 Å². The van der Waals surface area contributed by atoms with Crippen molar-refractivity contribution in [2.75, 3.05) is 18.6 Å². The molecule has 1 aromatic heterocycles.